The van der Waals surface area contributed by atoms with Crippen LogP contribution in [0, 0.1) is 5.21 Å². The summed E-state index contributed by atoms with van der Waals surface area (Å²) < 4.78 is 0. The summed E-state index contributed by atoms with van der Waals surface area (Å²) in [6.45, 7) is 0.545. The zero-order valence-corrected chi connectivity index (χ0v) is 3.16. The van der Waals surface area contributed by atoms with Crippen molar-refractivity contribution >= 4 is 0 Å². The van der Waals surface area contributed by atoms with E-state index in [4.69, 9.17) is 0 Å². The Hall–Kier alpha value is -0.860. The Kier molecular flexibility index (Phi) is 0.602. The van der Waals surface area contributed by atoms with Crippen LogP contribution in [0.2, 0.25) is 0 Å². The normalized spacial score (nSPS) is 18.3. The first kappa shape index (κ1) is 3.33. The van der Waals surface area contributed by atoms with Crippen LogP contribution in [0.1, 0.15) is 0 Å². The van der Waals surface area contributed by atoms with Gasteiger partial charge in [-0.1, -0.05) is 4.86 Å². The molecule has 0 spiro atoms. The lowest BCUT2D eigenvalue weighted by Crippen LogP contribution is -1.78. The smallest absolute Gasteiger partial charge is 0.207 e. The van der Waals surface area contributed by atoms with Crippen LogP contribution in [-0.4, -0.2) is 11.4 Å². The van der Waals surface area contributed by atoms with Gasteiger partial charge in [-0.25, -0.2) is 0 Å². The van der Waals surface area contributed by atoms with Crippen molar-refractivity contribution in [2.24, 2.45) is 5.11 Å². The summed E-state index contributed by atoms with van der Waals surface area (Å²) in [6.07, 6.45) is 3.09. The summed E-state index contributed by atoms with van der Waals surface area (Å²) in [6, 6.07) is 0. The van der Waals surface area contributed by atoms with Gasteiger partial charge in [-0.2, -0.15) is 0 Å². The lowest BCUT2D eigenvalue weighted by molar-refractivity contribution is -0.451. The molecule has 0 atom stereocenters. The molecule has 6 heavy (non-hydrogen) atoms. The largest absolute Gasteiger partial charge is 0.595 e. The standard InChI is InChI=1S/C3H4N2O/c6-5-3-1-2-4-5/h1,3H,2H2. The van der Waals surface area contributed by atoms with Gasteiger partial charge < -0.3 is 5.21 Å². The van der Waals surface area contributed by atoms with Crippen LogP contribution in [0.3, 0.4) is 0 Å². The lowest BCUT2D eigenvalue weighted by Gasteiger charge is -1.80. The zero-order chi connectivity index (χ0) is 4.41. The van der Waals surface area contributed by atoms with E-state index in [1.54, 1.807) is 6.08 Å². The van der Waals surface area contributed by atoms with Gasteiger partial charge in [0.15, 0.2) is 0 Å². The molecule has 0 aromatic carbocycles. The zero-order valence-electron chi connectivity index (χ0n) is 3.16. The second-order valence-electron chi connectivity index (χ2n) is 1.01. The molecular weight excluding hydrogens is 80.0 g/mol. The molecule has 0 N–H and O–H groups in total. The van der Waals surface area contributed by atoms with Gasteiger partial charge in [0.05, 0.1) is 0 Å². The van der Waals surface area contributed by atoms with Crippen molar-refractivity contribution in [2.75, 3.05) is 6.54 Å². The lowest BCUT2D eigenvalue weighted by atomic mass is 10.7. The Morgan fingerprint density at radius 1 is 1.83 bits per heavy atom. The molecule has 0 aromatic rings. The molecule has 0 aliphatic carbocycles. The molecular formula is C3H4N2O. The summed E-state index contributed by atoms with van der Waals surface area (Å²) in [7, 11) is 0. The maximum Gasteiger partial charge on any atom is 0.207 e. The second kappa shape index (κ2) is 1.08. The summed E-state index contributed by atoms with van der Waals surface area (Å²) in [4.78, 5) is 0.556. The van der Waals surface area contributed by atoms with E-state index in [1.807, 2.05) is 0 Å². The molecule has 1 rings (SSSR count). The van der Waals surface area contributed by atoms with E-state index in [9.17, 15) is 5.21 Å². The van der Waals surface area contributed by atoms with Crippen LogP contribution in [0.5, 0.6) is 0 Å². The van der Waals surface area contributed by atoms with Crippen LogP contribution < -0.4 is 0 Å². The fraction of sp³-hybridized carbons (Fsp3) is 0.333. The van der Waals surface area contributed by atoms with E-state index in [0.717, 1.165) is 0 Å². The van der Waals surface area contributed by atoms with Gasteiger partial charge in [0, 0.05) is 6.08 Å². The van der Waals surface area contributed by atoms with Crippen molar-refractivity contribution in [1.82, 2.24) is 0 Å². The molecule has 32 valence electrons. The fourth-order valence-corrected chi connectivity index (χ4v) is 0.312. The maximum atomic E-state index is 9.91. The highest BCUT2D eigenvalue weighted by molar-refractivity contribution is 4.76. The highest BCUT2D eigenvalue weighted by atomic mass is 16.5. The monoisotopic (exact) mass is 84.0 g/mol. The van der Waals surface area contributed by atoms with Crippen LogP contribution >= 0.6 is 0 Å². The minimum absolute atomic E-state index is 0.545. The summed E-state index contributed by atoms with van der Waals surface area (Å²) in [5.41, 5.74) is 0. The molecule has 3 heteroatoms. The summed E-state index contributed by atoms with van der Waals surface area (Å²) in [5.74, 6) is 0. The number of hydrogen-bond acceptors (Lipinski definition) is 2. The summed E-state index contributed by atoms with van der Waals surface area (Å²) in [5, 5.41) is 13.3. The first-order chi connectivity index (χ1) is 2.89. The van der Waals surface area contributed by atoms with Gasteiger partial charge in [-0.15, -0.1) is 0 Å². The molecule has 0 unspecified atom stereocenters. The molecule has 0 bridgehead atoms. The van der Waals surface area contributed by atoms with E-state index in [0.29, 0.717) is 11.4 Å². The van der Waals surface area contributed by atoms with Crippen molar-refractivity contribution in [3.05, 3.63) is 17.5 Å². The first-order valence-corrected chi connectivity index (χ1v) is 1.70. The van der Waals surface area contributed by atoms with E-state index in [-0.39, 0.29) is 0 Å². The molecule has 1 aliphatic rings. The number of hydrogen-bond donors (Lipinski definition) is 0. The van der Waals surface area contributed by atoms with Crippen LogP contribution in [0.25, 0.3) is 0 Å². The highest BCUT2D eigenvalue weighted by Crippen LogP contribution is 1.87. The quantitative estimate of drug-likeness (QED) is 0.310. The van der Waals surface area contributed by atoms with Crippen molar-refractivity contribution in [2.45, 2.75) is 0 Å². The third kappa shape index (κ3) is 0.381. The van der Waals surface area contributed by atoms with Gasteiger partial charge in [-0.05, 0) is 5.11 Å². The van der Waals surface area contributed by atoms with E-state index >= 15 is 0 Å². The fourth-order valence-electron chi connectivity index (χ4n) is 0.312. The maximum absolute atomic E-state index is 9.91. The molecule has 3 nitrogen and oxygen atoms in total. The minimum atomic E-state index is 0.545. The molecule has 0 aromatic heterocycles. The molecule has 0 saturated heterocycles. The second-order valence-corrected chi connectivity index (χ2v) is 1.01. The molecule has 0 radical (unpaired) electrons. The van der Waals surface area contributed by atoms with E-state index in [2.05, 4.69) is 5.11 Å². The minimum Gasteiger partial charge on any atom is -0.595 e. The number of azo groups is 1. The van der Waals surface area contributed by atoms with Crippen LogP contribution in [-0.2, 0) is 0 Å². The molecule has 1 heterocycles. The predicted molar refractivity (Wildman–Crippen MR) is 20.1 cm³/mol. The van der Waals surface area contributed by atoms with Gasteiger partial charge in [-0.3, -0.25) is 0 Å². The first-order valence-electron chi connectivity index (χ1n) is 1.70. The van der Waals surface area contributed by atoms with Crippen molar-refractivity contribution in [3.8, 4) is 0 Å². The molecule has 0 amide bonds. The van der Waals surface area contributed by atoms with Gasteiger partial charge in [0.1, 0.15) is 6.54 Å². The van der Waals surface area contributed by atoms with Crippen molar-refractivity contribution < 1.29 is 4.86 Å². The van der Waals surface area contributed by atoms with Crippen LogP contribution in [0.15, 0.2) is 17.4 Å². The third-order valence-corrected chi connectivity index (χ3v) is 0.559. The summed E-state index contributed by atoms with van der Waals surface area (Å²) >= 11 is 0. The predicted octanol–water partition coefficient (Wildman–Crippen LogP) is 0.476. The van der Waals surface area contributed by atoms with Crippen LogP contribution in [0.4, 0.5) is 0 Å². The Bertz CT molecular complexity index is 103. The Morgan fingerprint density at radius 3 is 2.83 bits per heavy atom. The number of hydroxylamine groups is 1. The Balaban J connectivity index is 2.68. The Morgan fingerprint density at radius 2 is 2.67 bits per heavy atom. The molecule has 0 saturated carbocycles. The van der Waals surface area contributed by atoms with Crippen molar-refractivity contribution in [1.29, 1.82) is 0 Å². The molecule has 0 fully saturated rings. The van der Waals surface area contributed by atoms with Crippen molar-refractivity contribution in [3.63, 3.8) is 0 Å². The number of rotatable bonds is 0. The number of nitrogens with zero attached hydrogens (tertiary/aromatic N) is 2. The SMILES string of the molecule is [O-][N+]1=NCC=C1. The molecule has 1 aliphatic heterocycles. The average Bonchev–Trinajstić information content (AvgIpc) is 1.86. The van der Waals surface area contributed by atoms with Gasteiger partial charge >= 0.3 is 0 Å². The van der Waals surface area contributed by atoms with E-state index in [1.165, 1.54) is 6.20 Å². The van der Waals surface area contributed by atoms with E-state index < -0.39 is 0 Å². The topological polar surface area (TPSA) is 38.4 Å². The van der Waals surface area contributed by atoms with Gasteiger partial charge in [0.25, 0.3) is 0 Å². The Labute approximate surface area is 35.2 Å². The third-order valence-electron chi connectivity index (χ3n) is 0.559. The van der Waals surface area contributed by atoms with Gasteiger partial charge in [0.2, 0.25) is 6.20 Å². The highest BCUT2D eigenvalue weighted by Gasteiger charge is 1.91. The average molecular weight is 84.1 g/mol.